The van der Waals surface area contributed by atoms with Crippen LogP contribution < -0.4 is 11.3 Å². The largest absolute Gasteiger partial charge is 0.377 e. The van der Waals surface area contributed by atoms with Gasteiger partial charge < -0.3 is 4.74 Å². The molecule has 4 nitrogen and oxygen atoms in total. The molecule has 0 aromatic carbocycles. The second kappa shape index (κ2) is 6.50. The lowest BCUT2D eigenvalue weighted by atomic mass is 10.1. The first-order valence-corrected chi connectivity index (χ1v) is 5.19. The molecule has 0 aliphatic carbocycles. The fourth-order valence-electron chi connectivity index (χ4n) is 1.28. The molecule has 0 aliphatic heterocycles. The van der Waals surface area contributed by atoms with Crippen LogP contribution in [0.5, 0.6) is 0 Å². The molecule has 4 heteroatoms. The molecule has 0 saturated heterocycles. The highest BCUT2D eigenvalue weighted by Gasteiger charge is 2.08. The van der Waals surface area contributed by atoms with E-state index in [0.717, 1.165) is 6.42 Å². The van der Waals surface area contributed by atoms with Crippen molar-refractivity contribution in [3.05, 3.63) is 30.1 Å². The number of aromatic nitrogens is 1. The predicted octanol–water partition coefficient (Wildman–Crippen LogP) is 0.881. The van der Waals surface area contributed by atoms with Gasteiger partial charge in [0.2, 0.25) is 0 Å². The van der Waals surface area contributed by atoms with Gasteiger partial charge in [-0.2, -0.15) is 0 Å². The van der Waals surface area contributed by atoms with Crippen molar-refractivity contribution in [2.45, 2.75) is 32.4 Å². The van der Waals surface area contributed by atoms with Crippen molar-refractivity contribution in [1.29, 1.82) is 0 Å². The minimum absolute atomic E-state index is 0.148. The lowest BCUT2D eigenvalue weighted by Gasteiger charge is -2.17. The van der Waals surface area contributed by atoms with Crippen LogP contribution >= 0.6 is 0 Å². The Labute approximate surface area is 90.8 Å². The Hall–Kier alpha value is -0.970. The van der Waals surface area contributed by atoms with Crippen LogP contribution in [-0.4, -0.2) is 23.7 Å². The number of hydrazine groups is 1. The van der Waals surface area contributed by atoms with E-state index in [0.29, 0.717) is 6.61 Å². The molecule has 0 spiro atoms. The van der Waals surface area contributed by atoms with Gasteiger partial charge in [-0.15, -0.1) is 0 Å². The molecule has 0 saturated carbocycles. The third kappa shape index (κ3) is 4.88. The number of pyridine rings is 1. The van der Waals surface area contributed by atoms with E-state index in [1.165, 1.54) is 5.56 Å². The monoisotopic (exact) mass is 209 g/mol. The van der Waals surface area contributed by atoms with E-state index in [1.54, 1.807) is 12.4 Å². The summed E-state index contributed by atoms with van der Waals surface area (Å²) < 4.78 is 5.51. The molecule has 0 aliphatic rings. The summed E-state index contributed by atoms with van der Waals surface area (Å²) in [6, 6.07) is 4.12. The maximum Gasteiger partial charge on any atom is 0.0639 e. The molecular formula is C11H19N3O. The highest BCUT2D eigenvalue weighted by atomic mass is 16.5. The molecule has 1 aromatic rings. The summed E-state index contributed by atoms with van der Waals surface area (Å²) in [5.41, 5.74) is 3.97. The first-order chi connectivity index (χ1) is 7.22. The van der Waals surface area contributed by atoms with Crippen molar-refractivity contribution in [2.24, 2.45) is 5.84 Å². The number of rotatable bonds is 6. The smallest absolute Gasteiger partial charge is 0.0639 e. The van der Waals surface area contributed by atoms with Crippen molar-refractivity contribution in [1.82, 2.24) is 10.4 Å². The van der Waals surface area contributed by atoms with Crippen LogP contribution in [0.4, 0.5) is 0 Å². The quantitative estimate of drug-likeness (QED) is 0.539. The Morgan fingerprint density at radius 3 is 2.60 bits per heavy atom. The lowest BCUT2D eigenvalue weighted by Crippen LogP contribution is -2.40. The zero-order chi connectivity index (χ0) is 11.1. The molecule has 0 bridgehead atoms. The Balaban J connectivity index is 2.40. The van der Waals surface area contributed by atoms with Gasteiger partial charge in [0.1, 0.15) is 0 Å². The Bertz CT molecular complexity index is 264. The highest BCUT2D eigenvalue weighted by Crippen LogP contribution is 2.02. The van der Waals surface area contributed by atoms with E-state index in [9.17, 15) is 0 Å². The number of hydrogen-bond acceptors (Lipinski definition) is 4. The number of hydrogen-bond donors (Lipinski definition) is 2. The molecule has 3 N–H and O–H groups in total. The van der Waals surface area contributed by atoms with E-state index in [1.807, 2.05) is 26.0 Å². The van der Waals surface area contributed by atoms with E-state index in [-0.39, 0.29) is 12.1 Å². The second-order valence-corrected chi connectivity index (χ2v) is 3.81. The lowest BCUT2D eigenvalue weighted by molar-refractivity contribution is 0.0613. The average molecular weight is 209 g/mol. The fourth-order valence-corrected chi connectivity index (χ4v) is 1.28. The number of nitrogens with zero attached hydrogens (tertiary/aromatic N) is 1. The second-order valence-electron chi connectivity index (χ2n) is 3.81. The van der Waals surface area contributed by atoms with Gasteiger partial charge in [0.05, 0.1) is 12.7 Å². The van der Waals surface area contributed by atoms with Gasteiger partial charge in [0.15, 0.2) is 0 Å². The van der Waals surface area contributed by atoms with Gasteiger partial charge in [-0.1, -0.05) is 0 Å². The summed E-state index contributed by atoms with van der Waals surface area (Å²) in [5, 5.41) is 0. The van der Waals surface area contributed by atoms with Gasteiger partial charge in [0.25, 0.3) is 0 Å². The Morgan fingerprint density at radius 2 is 2.07 bits per heavy atom. The normalized spacial score (nSPS) is 13.1. The first-order valence-electron chi connectivity index (χ1n) is 5.19. The molecule has 1 aromatic heterocycles. The molecule has 0 amide bonds. The molecule has 0 radical (unpaired) electrons. The van der Waals surface area contributed by atoms with Crippen LogP contribution in [0.1, 0.15) is 19.4 Å². The molecule has 84 valence electrons. The van der Waals surface area contributed by atoms with Gasteiger partial charge in [-0.3, -0.25) is 16.3 Å². The van der Waals surface area contributed by atoms with Crippen LogP contribution in [0.25, 0.3) is 0 Å². The molecule has 1 atom stereocenters. The van der Waals surface area contributed by atoms with Gasteiger partial charge >= 0.3 is 0 Å². The fraction of sp³-hybridized carbons (Fsp3) is 0.545. The van der Waals surface area contributed by atoms with Gasteiger partial charge in [0, 0.05) is 18.4 Å². The maximum atomic E-state index is 5.51. The summed E-state index contributed by atoms with van der Waals surface area (Å²) in [5.74, 6) is 5.46. The number of ether oxygens (including phenoxy) is 1. The van der Waals surface area contributed by atoms with E-state index >= 15 is 0 Å². The molecule has 1 heterocycles. The minimum atomic E-state index is 0.148. The summed E-state index contributed by atoms with van der Waals surface area (Å²) >= 11 is 0. The van der Waals surface area contributed by atoms with Gasteiger partial charge in [-0.05, 0) is 38.0 Å². The summed E-state index contributed by atoms with van der Waals surface area (Å²) in [6.07, 6.45) is 4.66. The van der Waals surface area contributed by atoms with Crippen molar-refractivity contribution in [3.8, 4) is 0 Å². The van der Waals surface area contributed by atoms with E-state index in [4.69, 9.17) is 10.6 Å². The number of nitrogens with two attached hydrogens (primary N) is 1. The van der Waals surface area contributed by atoms with Crippen LogP contribution in [-0.2, 0) is 11.2 Å². The molecule has 15 heavy (non-hydrogen) atoms. The van der Waals surface area contributed by atoms with E-state index < -0.39 is 0 Å². The maximum absolute atomic E-state index is 5.51. The average Bonchev–Trinajstić information content (AvgIpc) is 2.25. The van der Waals surface area contributed by atoms with E-state index in [2.05, 4.69) is 10.4 Å². The van der Waals surface area contributed by atoms with Crippen molar-refractivity contribution in [3.63, 3.8) is 0 Å². The Kier molecular flexibility index (Phi) is 5.25. The van der Waals surface area contributed by atoms with Crippen LogP contribution in [0, 0.1) is 0 Å². The summed E-state index contributed by atoms with van der Waals surface area (Å²) in [7, 11) is 0. The summed E-state index contributed by atoms with van der Waals surface area (Å²) in [6.45, 7) is 4.65. The third-order valence-electron chi connectivity index (χ3n) is 2.10. The van der Waals surface area contributed by atoms with Crippen molar-refractivity contribution >= 4 is 0 Å². The van der Waals surface area contributed by atoms with Gasteiger partial charge in [-0.25, -0.2) is 0 Å². The zero-order valence-electron chi connectivity index (χ0n) is 9.31. The SMILES string of the molecule is CC(C)OCC(Cc1ccncc1)NN. The third-order valence-corrected chi connectivity index (χ3v) is 2.10. The zero-order valence-corrected chi connectivity index (χ0v) is 9.31. The Morgan fingerprint density at radius 1 is 1.40 bits per heavy atom. The molecule has 1 unspecified atom stereocenters. The minimum Gasteiger partial charge on any atom is -0.377 e. The topological polar surface area (TPSA) is 60.2 Å². The standard InChI is InChI=1S/C11H19N3O/c1-9(2)15-8-11(14-12)7-10-3-5-13-6-4-10/h3-6,9,11,14H,7-8,12H2,1-2H3. The molecule has 1 rings (SSSR count). The summed E-state index contributed by atoms with van der Waals surface area (Å²) in [4.78, 5) is 3.97. The molecule has 0 fully saturated rings. The van der Waals surface area contributed by atoms with Crippen LogP contribution in [0.2, 0.25) is 0 Å². The predicted molar refractivity (Wildman–Crippen MR) is 60.1 cm³/mol. The molecular weight excluding hydrogens is 190 g/mol. The highest BCUT2D eigenvalue weighted by molar-refractivity contribution is 5.11. The van der Waals surface area contributed by atoms with Crippen molar-refractivity contribution < 1.29 is 4.74 Å². The number of nitrogens with one attached hydrogen (secondary N) is 1. The van der Waals surface area contributed by atoms with Crippen LogP contribution in [0.3, 0.4) is 0 Å². The van der Waals surface area contributed by atoms with Crippen molar-refractivity contribution in [2.75, 3.05) is 6.61 Å². The van der Waals surface area contributed by atoms with Crippen LogP contribution in [0.15, 0.2) is 24.5 Å². The first kappa shape index (κ1) is 12.1.